The second-order valence-corrected chi connectivity index (χ2v) is 8.29. The maximum absolute atomic E-state index is 13.1. The van der Waals surface area contributed by atoms with Crippen molar-refractivity contribution >= 4 is 23.5 Å². The van der Waals surface area contributed by atoms with Crippen LogP contribution >= 0.6 is 11.6 Å². The monoisotopic (exact) mass is 463 g/mol. The molecule has 0 aromatic heterocycles. The zero-order valence-electron chi connectivity index (χ0n) is 18.3. The summed E-state index contributed by atoms with van der Waals surface area (Å²) in [6.07, 6.45) is 1.70. The topological polar surface area (TPSA) is 57.2 Å². The molecule has 0 saturated carbocycles. The van der Waals surface area contributed by atoms with E-state index in [-0.39, 0.29) is 11.5 Å². The molecule has 0 spiro atoms. The van der Waals surface area contributed by atoms with E-state index >= 15 is 0 Å². The van der Waals surface area contributed by atoms with Crippen molar-refractivity contribution in [2.24, 2.45) is 0 Å². The summed E-state index contributed by atoms with van der Waals surface area (Å²) in [7, 11) is 3.17. The number of fused-ring (bicyclic) bond motifs is 3. The second kappa shape index (κ2) is 8.81. The molecule has 5 rings (SSSR count). The minimum absolute atomic E-state index is 0.166. The van der Waals surface area contributed by atoms with Crippen molar-refractivity contribution in [3.8, 4) is 23.0 Å². The van der Waals surface area contributed by atoms with Gasteiger partial charge in [0.15, 0.2) is 5.76 Å². The minimum atomic E-state index is -0.166. The first-order valence-corrected chi connectivity index (χ1v) is 10.9. The van der Waals surface area contributed by atoms with Crippen LogP contribution in [0.2, 0.25) is 5.02 Å². The summed E-state index contributed by atoms with van der Waals surface area (Å²) < 4.78 is 22.8. The van der Waals surface area contributed by atoms with E-state index < -0.39 is 0 Å². The van der Waals surface area contributed by atoms with Gasteiger partial charge in [0.05, 0.1) is 25.3 Å². The maximum atomic E-state index is 13.1. The molecule has 0 unspecified atom stereocenters. The molecule has 168 valence electrons. The van der Waals surface area contributed by atoms with Gasteiger partial charge in [-0.05, 0) is 48.0 Å². The maximum Gasteiger partial charge on any atom is 0.231 e. The highest BCUT2D eigenvalue weighted by molar-refractivity contribution is 6.30. The quantitative estimate of drug-likeness (QED) is 0.477. The fourth-order valence-corrected chi connectivity index (χ4v) is 4.16. The number of methoxy groups -OCH3 is 2. The van der Waals surface area contributed by atoms with E-state index in [4.69, 9.17) is 30.5 Å². The van der Waals surface area contributed by atoms with Gasteiger partial charge in [-0.2, -0.15) is 0 Å². The number of halogens is 1. The second-order valence-electron chi connectivity index (χ2n) is 7.85. The van der Waals surface area contributed by atoms with Crippen LogP contribution in [-0.4, -0.2) is 31.6 Å². The number of hydrogen-bond donors (Lipinski definition) is 0. The van der Waals surface area contributed by atoms with Gasteiger partial charge in [-0.1, -0.05) is 23.7 Å². The predicted molar refractivity (Wildman–Crippen MR) is 125 cm³/mol. The molecule has 2 aliphatic heterocycles. The van der Waals surface area contributed by atoms with Crippen LogP contribution in [0, 0.1) is 0 Å². The van der Waals surface area contributed by atoms with Gasteiger partial charge in [-0.25, -0.2) is 0 Å². The van der Waals surface area contributed by atoms with Crippen LogP contribution in [0.5, 0.6) is 23.0 Å². The first-order valence-electron chi connectivity index (χ1n) is 10.5. The molecule has 0 radical (unpaired) electrons. The smallest absolute Gasteiger partial charge is 0.231 e. The van der Waals surface area contributed by atoms with Crippen LogP contribution in [0.1, 0.15) is 27.0 Å². The van der Waals surface area contributed by atoms with Gasteiger partial charge in [0.1, 0.15) is 29.7 Å². The Bertz CT molecular complexity index is 1250. The molecular weight excluding hydrogens is 442 g/mol. The van der Waals surface area contributed by atoms with Crippen molar-refractivity contribution in [2.75, 3.05) is 21.0 Å². The summed E-state index contributed by atoms with van der Waals surface area (Å²) in [5.74, 6) is 2.63. The van der Waals surface area contributed by atoms with Crippen LogP contribution in [-0.2, 0) is 13.1 Å². The van der Waals surface area contributed by atoms with Gasteiger partial charge in [-0.15, -0.1) is 0 Å². The molecule has 0 bridgehead atoms. The minimum Gasteiger partial charge on any atom is -0.497 e. The Labute approximate surface area is 196 Å². The lowest BCUT2D eigenvalue weighted by Crippen LogP contribution is -2.31. The Balaban J connectivity index is 1.42. The molecule has 6 nitrogen and oxygen atoms in total. The first-order chi connectivity index (χ1) is 16.1. The van der Waals surface area contributed by atoms with Gasteiger partial charge in [0.25, 0.3) is 0 Å². The molecule has 0 N–H and O–H groups in total. The van der Waals surface area contributed by atoms with Gasteiger partial charge in [0, 0.05) is 29.7 Å². The van der Waals surface area contributed by atoms with Crippen LogP contribution in [0.4, 0.5) is 0 Å². The summed E-state index contributed by atoms with van der Waals surface area (Å²) in [5, 5.41) is 0.705. The number of hydrogen-bond acceptors (Lipinski definition) is 6. The van der Waals surface area contributed by atoms with Crippen molar-refractivity contribution in [1.29, 1.82) is 0 Å². The molecule has 3 aromatic carbocycles. The Kier molecular flexibility index (Phi) is 5.70. The largest absolute Gasteiger partial charge is 0.497 e. The Hall–Kier alpha value is -3.48. The molecular formula is C26H22ClNO5. The zero-order valence-corrected chi connectivity index (χ0v) is 19.0. The summed E-state index contributed by atoms with van der Waals surface area (Å²) in [5.41, 5.74) is 3.25. The zero-order chi connectivity index (χ0) is 22.9. The van der Waals surface area contributed by atoms with E-state index in [2.05, 4.69) is 4.90 Å². The molecule has 0 aliphatic carbocycles. The summed E-state index contributed by atoms with van der Waals surface area (Å²) in [6, 6.07) is 16.8. The van der Waals surface area contributed by atoms with Crippen LogP contribution in [0.25, 0.3) is 6.08 Å². The lowest BCUT2D eigenvalue weighted by Gasteiger charge is -2.29. The highest BCUT2D eigenvalue weighted by Gasteiger charge is 2.33. The number of ketones is 1. The highest BCUT2D eigenvalue weighted by Crippen LogP contribution is 2.42. The fourth-order valence-electron chi connectivity index (χ4n) is 4.03. The van der Waals surface area contributed by atoms with Crippen molar-refractivity contribution in [1.82, 2.24) is 4.90 Å². The van der Waals surface area contributed by atoms with Gasteiger partial charge < -0.3 is 18.9 Å². The van der Waals surface area contributed by atoms with Crippen molar-refractivity contribution < 1.29 is 23.7 Å². The van der Waals surface area contributed by atoms with E-state index in [1.807, 2.05) is 42.5 Å². The SMILES string of the molecule is COc1ccc(/C=C2\Oc3c(ccc4c3CN(Cc3ccc(Cl)cc3)CO4)C2=O)c(OC)c1. The Morgan fingerprint density at radius 3 is 2.64 bits per heavy atom. The molecule has 33 heavy (non-hydrogen) atoms. The molecule has 0 fully saturated rings. The van der Waals surface area contributed by atoms with Crippen LogP contribution < -0.4 is 18.9 Å². The van der Waals surface area contributed by atoms with E-state index in [1.165, 1.54) is 0 Å². The number of carbonyl (C=O) groups excluding carboxylic acids is 1. The number of Topliss-reactive ketones (excluding diaryl/α,β-unsaturated/α-hetero) is 1. The third-order valence-electron chi connectivity index (χ3n) is 5.73. The third kappa shape index (κ3) is 4.15. The van der Waals surface area contributed by atoms with Crippen molar-refractivity contribution in [3.05, 3.63) is 87.6 Å². The summed E-state index contributed by atoms with van der Waals surface area (Å²) >= 11 is 6.00. The number of benzene rings is 3. The van der Waals surface area contributed by atoms with Crippen molar-refractivity contribution in [2.45, 2.75) is 13.1 Å². The highest BCUT2D eigenvalue weighted by atomic mass is 35.5. The molecule has 2 heterocycles. The van der Waals surface area contributed by atoms with E-state index in [9.17, 15) is 4.79 Å². The lowest BCUT2D eigenvalue weighted by molar-refractivity contribution is 0.0873. The molecule has 3 aromatic rings. The van der Waals surface area contributed by atoms with Crippen LogP contribution in [0.15, 0.2) is 60.4 Å². The molecule has 0 amide bonds. The number of nitrogens with zero attached hydrogens (tertiary/aromatic N) is 1. The van der Waals surface area contributed by atoms with Gasteiger partial charge in [-0.3, -0.25) is 9.69 Å². The number of carbonyl (C=O) groups is 1. The Morgan fingerprint density at radius 2 is 1.88 bits per heavy atom. The summed E-state index contributed by atoms with van der Waals surface area (Å²) in [4.78, 5) is 15.2. The molecule has 0 atom stereocenters. The normalized spacial score (nSPS) is 16.1. The average molecular weight is 464 g/mol. The Morgan fingerprint density at radius 1 is 1.06 bits per heavy atom. The standard InChI is InChI=1S/C26H22ClNO5/c1-30-19-8-5-17(23(12-19)31-2)11-24-25(29)20-9-10-22-21(26(20)33-24)14-28(15-32-22)13-16-3-6-18(27)7-4-16/h3-12H,13-15H2,1-2H3/b24-11-. The number of allylic oxidation sites excluding steroid dienone is 1. The average Bonchev–Trinajstić information content (AvgIpc) is 3.16. The van der Waals surface area contributed by atoms with Crippen LogP contribution in [0.3, 0.4) is 0 Å². The van der Waals surface area contributed by atoms with E-state index in [0.717, 1.165) is 22.4 Å². The molecule has 2 aliphatic rings. The third-order valence-corrected chi connectivity index (χ3v) is 5.98. The molecule has 7 heteroatoms. The number of ether oxygens (including phenoxy) is 4. The summed E-state index contributed by atoms with van der Waals surface area (Å²) in [6.45, 7) is 1.75. The predicted octanol–water partition coefficient (Wildman–Crippen LogP) is 5.33. The van der Waals surface area contributed by atoms with E-state index in [1.54, 1.807) is 32.4 Å². The van der Waals surface area contributed by atoms with E-state index in [0.29, 0.717) is 47.7 Å². The fraction of sp³-hybridized carbons (Fsp3) is 0.192. The van der Waals surface area contributed by atoms with Crippen molar-refractivity contribution in [3.63, 3.8) is 0 Å². The van der Waals surface area contributed by atoms with Gasteiger partial charge >= 0.3 is 0 Å². The first kappa shape index (κ1) is 21.4. The molecule has 0 saturated heterocycles. The number of rotatable bonds is 5. The lowest BCUT2D eigenvalue weighted by atomic mass is 10.0. The van der Waals surface area contributed by atoms with Gasteiger partial charge in [0.2, 0.25) is 5.78 Å².